The predicted octanol–water partition coefficient (Wildman–Crippen LogP) is 5.57. The average molecular weight is 449 g/mol. The van der Waals surface area contributed by atoms with Crippen molar-refractivity contribution in [2.75, 3.05) is 6.54 Å². The lowest BCUT2D eigenvalue weighted by molar-refractivity contribution is -0.140. The van der Waals surface area contributed by atoms with E-state index in [0.29, 0.717) is 35.1 Å². The van der Waals surface area contributed by atoms with Gasteiger partial charge in [0, 0.05) is 23.1 Å². The molecule has 0 radical (unpaired) electrons. The Labute approximate surface area is 189 Å². The Hall–Kier alpha value is -2.04. The Morgan fingerprint density at radius 2 is 1.67 bits per heavy atom. The molecule has 0 aliphatic carbocycles. The summed E-state index contributed by atoms with van der Waals surface area (Å²) in [5.74, 6) is -0.306. The molecule has 2 amide bonds. The molecular weight excluding hydrogens is 419 g/mol. The molecule has 0 fully saturated rings. The predicted molar refractivity (Wildman–Crippen MR) is 124 cm³/mol. The number of carbonyl (C=O) groups excluding carboxylic acids is 2. The molecule has 1 atom stereocenters. The monoisotopic (exact) mass is 448 g/mol. The summed E-state index contributed by atoms with van der Waals surface area (Å²) in [4.78, 5) is 27.9. The van der Waals surface area contributed by atoms with E-state index in [9.17, 15) is 9.59 Å². The summed E-state index contributed by atoms with van der Waals surface area (Å²) in [6.45, 7) is 6.96. The summed E-state index contributed by atoms with van der Waals surface area (Å²) < 4.78 is 0. The van der Waals surface area contributed by atoms with Crippen molar-refractivity contribution < 1.29 is 9.59 Å². The highest BCUT2D eigenvalue weighted by atomic mass is 35.5. The standard InChI is InChI=1S/C24H30Cl2N2O2/c1-4-6-14-27-24(30)22(5-2)28(16-18-12-10-17(3)11-13-18)23(29)15-19-20(25)8-7-9-21(19)26/h7-13,22H,4-6,14-16H2,1-3H3,(H,27,30)/t22-/m1/s1. The molecule has 162 valence electrons. The number of hydrogen-bond donors (Lipinski definition) is 1. The van der Waals surface area contributed by atoms with Crippen molar-refractivity contribution in [1.29, 1.82) is 0 Å². The van der Waals surface area contributed by atoms with Crippen molar-refractivity contribution in [2.45, 2.75) is 59.0 Å². The van der Waals surface area contributed by atoms with Crippen LogP contribution in [0, 0.1) is 6.92 Å². The number of benzene rings is 2. The molecular formula is C24H30Cl2N2O2. The van der Waals surface area contributed by atoms with E-state index in [2.05, 4.69) is 12.2 Å². The van der Waals surface area contributed by atoms with Gasteiger partial charge in [-0.15, -0.1) is 0 Å². The lowest BCUT2D eigenvalue weighted by atomic mass is 10.1. The lowest BCUT2D eigenvalue weighted by Crippen LogP contribution is -2.49. The zero-order chi connectivity index (χ0) is 22.1. The fourth-order valence-electron chi connectivity index (χ4n) is 3.27. The van der Waals surface area contributed by atoms with Crippen molar-refractivity contribution in [3.8, 4) is 0 Å². The van der Waals surface area contributed by atoms with E-state index in [4.69, 9.17) is 23.2 Å². The molecule has 0 unspecified atom stereocenters. The minimum Gasteiger partial charge on any atom is -0.354 e. The molecule has 0 bridgehead atoms. The van der Waals surface area contributed by atoms with Gasteiger partial charge in [-0.2, -0.15) is 0 Å². The maximum absolute atomic E-state index is 13.4. The van der Waals surface area contributed by atoms with E-state index in [1.165, 1.54) is 0 Å². The first-order valence-electron chi connectivity index (χ1n) is 10.4. The first kappa shape index (κ1) is 24.2. The van der Waals surface area contributed by atoms with Gasteiger partial charge in [-0.25, -0.2) is 0 Å². The fraction of sp³-hybridized carbons (Fsp3) is 0.417. The van der Waals surface area contributed by atoms with Crippen LogP contribution in [0.2, 0.25) is 10.0 Å². The molecule has 2 rings (SSSR count). The van der Waals surface area contributed by atoms with Crippen LogP contribution in [0.15, 0.2) is 42.5 Å². The van der Waals surface area contributed by atoms with Gasteiger partial charge < -0.3 is 10.2 Å². The van der Waals surface area contributed by atoms with Crippen LogP contribution in [0.3, 0.4) is 0 Å². The molecule has 2 aromatic rings. The van der Waals surface area contributed by atoms with Crippen molar-refractivity contribution in [2.24, 2.45) is 0 Å². The molecule has 0 aliphatic rings. The van der Waals surface area contributed by atoms with Gasteiger partial charge >= 0.3 is 0 Å². The van der Waals surface area contributed by atoms with E-state index in [0.717, 1.165) is 24.0 Å². The summed E-state index contributed by atoms with van der Waals surface area (Å²) in [5, 5.41) is 3.87. The van der Waals surface area contributed by atoms with E-state index in [1.54, 1.807) is 23.1 Å². The second kappa shape index (κ2) is 12.0. The van der Waals surface area contributed by atoms with Crippen LogP contribution in [-0.2, 0) is 22.6 Å². The molecule has 6 heteroatoms. The lowest BCUT2D eigenvalue weighted by Gasteiger charge is -2.31. The molecule has 1 N–H and O–H groups in total. The van der Waals surface area contributed by atoms with Crippen LogP contribution < -0.4 is 5.32 Å². The fourth-order valence-corrected chi connectivity index (χ4v) is 3.80. The second-order valence-corrected chi connectivity index (χ2v) is 8.27. The maximum atomic E-state index is 13.4. The second-order valence-electron chi connectivity index (χ2n) is 7.45. The molecule has 30 heavy (non-hydrogen) atoms. The summed E-state index contributed by atoms with van der Waals surface area (Å²) in [6.07, 6.45) is 2.46. The third kappa shape index (κ3) is 6.75. The number of nitrogens with zero attached hydrogens (tertiary/aromatic N) is 1. The van der Waals surface area contributed by atoms with Gasteiger partial charge in [0.15, 0.2) is 0 Å². The SMILES string of the molecule is CCCCNC(=O)[C@@H](CC)N(Cc1ccc(C)cc1)C(=O)Cc1c(Cl)cccc1Cl. The Balaban J connectivity index is 2.29. The van der Waals surface area contributed by atoms with Gasteiger partial charge in [0.1, 0.15) is 6.04 Å². The van der Waals surface area contributed by atoms with E-state index >= 15 is 0 Å². The number of halogens is 2. The minimum atomic E-state index is -0.558. The molecule has 0 heterocycles. The van der Waals surface area contributed by atoms with Crippen LogP contribution in [0.1, 0.15) is 49.8 Å². The van der Waals surface area contributed by atoms with E-state index in [1.807, 2.05) is 38.1 Å². The van der Waals surface area contributed by atoms with Crippen molar-refractivity contribution in [3.63, 3.8) is 0 Å². The van der Waals surface area contributed by atoms with Gasteiger partial charge in [-0.05, 0) is 43.0 Å². The van der Waals surface area contributed by atoms with E-state index in [-0.39, 0.29) is 18.2 Å². The molecule has 0 saturated carbocycles. The summed E-state index contributed by atoms with van der Waals surface area (Å²) >= 11 is 12.6. The third-order valence-corrected chi connectivity index (χ3v) is 5.79. The zero-order valence-electron chi connectivity index (χ0n) is 17.9. The summed E-state index contributed by atoms with van der Waals surface area (Å²) in [7, 11) is 0. The minimum absolute atomic E-state index is 0.0448. The van der Waals surface area contributed by atoms with E-state index < -0.39 is 6.04 Å². The highest BCUT2D eigenvalue weighted by molar-refractivity contribution is 6.36. The molecule has 2 aromatic carbocycles. The number of nitrogens with one attached hydrogen (secondary N) is 1. The molecule has 0 aliphatic heterocycles. The molecule has 4 nitrogen and oxygen atoms in total. The number of rotatable bonds is 10. The topological polar surface area (TPSA) is 49.4 Å². The number of aryl methyl sites for hydroxylation is 1. The van der Waals surface area contributed by atoms with Gasteiger partial charge in [0.25, 0.3) is 0 Å². The molecule has 0 saturated heterocycles. The maximum Gasteiger partial charge on any atom is 0.242 e. The van der Waals surface area contributed by atoms with Crippen LogP contribution in [0.5, 0.6) is 0 Å². The first-order chi connectivity index (χ1) is 14.4. The zero-order valence-corrected chi connectivity index (χ0v) is 19.4. The average Bonchev–Trinajstić information content (AvgIpc) is 2.72. The number of amides is 2. The molecule has 0 aromatic heterocycles. The normalized spacial score (nSPS) is 11.8. The number of unbranched alkanes of at least 4 members (excludes halogenated alkanes) is 1. The van der Waals surface area contributed by atoms with Gasteiger partial charge in [0.2, 0.25) is 11.8 Å². The highest BCUT2D eigenvalue weighted by Crippen LogP contribution is 2.26. The first-order valence-corrected chi connectivity index (χ1v) is 11.2. The van der Waals surface area contributed by atoms with Crippen molar-refractivity contribution in [3.05, 3.63) is 69.2 Å². The Bertz CT molecular complexity index is 833. The largest absolute Gasteiger partial charge is 0.354 e. The Morgan fingerprint density at radius 1 is 1.03 bits per heavy atom. The third-order valence-electron chi connectivity index (χ3n) is 5.08. The Kier molecular flexibility index (Phi) is 9.67. The number of hydrogen-bond acceptors (Lipinski definition) is 2. The van der Waals surface area contributed by atoms with Gasteiger partial charge in [-0.1, -0.05) is 79.4 Å². The van der Waals surface area contributed by atoms with Crippen LogP contribution in [-0.4, -0.2) is 29.3 Å². The number of carbonyl (C=O) groups is 2. The Morgan fingerprint density at radius 3 is 2.23 bits per heavy atom. The van der Waals surface area contributed by atoms with Gasteiger partial charge in [0.05, 0.1) is 6.42 Å². The highest BCUT2D eigenvalue weighted by Gasteiger charge is 2.29. The van der Waals surface area contributed by atoms with Crippen molar-refractivity contribution >= 4 is 35.0 Å². The molecule has 0 spiro atoms. The van der Waals surface area contributed by atoms with Crippen LogP contribution in [0.4, 0.5) is 0 Å². The van der Waals surface area contributed by atoms with Gasteiger partial charge in [-0.3, -0.25) is 9.59 Å². The van der Waals surface area contributed by atoms with Crippen LogP contribution in [0.25, 0.3) is 0 Å². The smallest absolute Gasteiger partial charge is 0.242 e. The summed E-state index contributed by atoms with van der Waals surface area (Å²) in [6, 6.07) is 12.6. The van der Waals surface area contributed by atoms with Crippen molar-refractivity contribution in [1.82, 2.24) is 10.2 Å². The summed E-state index contributed by atoms with van der Waals surface area (Å²) in [5.41, 5.74) is 2.70. The van der Waals surface area contributed by atoms with Crippen LogP contribution >= 0.6 is 23.2 Å². The quantitative estimate of drug-likeness (QED) is 0.483.